The highest BCUT2D eigenvalue weighted by Crippen LogP contribution is 2.30. The van der Waals surface area contributed by atoms with E-state index < -0.39 is 11.2 Å². The molecule has 0 saturated heterocycles. The number of rotatable bonds is 3. The highest BCUT2D eigenvalue weighted by atomic mass is 32.1. The molecule has 7 heteroatoms. The van der Waals surface area contributed by atoms with Gasteiger partial charge in [-0.05, 0) is 37.3 Å². The molecule has 23 heavy (non-hydrogen) atoms. The second kappa shape index (κ2) is 6.05. The minimum atomic E-state index is -0.566. The summed E-state index contributed by atoms with van der Waals surface area (Å²) in [5.41, 5.74) is 0.373. The average molecular weight is 330 g/mol. The zero-order chi connectivity index (χ0) is 16.6. The van der Waals surface area contributed by atoms with Crippen molar-refractivity contribution in [1.29, 1.82) is 5.26 Å². The molecular formula is C16H18N4O2S. The molecule has 6 nitrogen and oxygen atoms in total. The number of aromatic nitrogens is 2. The van der Waals surface area contributed by atoms with E-state index in [9.17, 15) is 14.9 Å². The van der Waals surface area contributed by atoms with E-state index in [1.54, 1.807) is 18.4 Å². The molecule has 2 heterocycles. The molecule has 0 unspecified atom stereocenters. The molecule has 0 atom stereocenters. The van der Waals surface area contributed by atoms with Gasteiger partial charge in [0.05, 0.1) is 6.54 Å². The number of thiophene rings is 1. The lowest BCUT2D eigenvalue weighted by Gasteiger charge is -2.12. The van der Waals surface area contributed by atoms with Crippen molar-refractivity contribution in [1.82, 2.24) is 9.13 Å². The zero-order valence-corrected chi connectivity index (χ0v) is 14.0. The molecule has 2 aromatic rings. The number of hydrogen-bond acceptors (Lipinski definition) is 5. The molecule has 0 aromatic carbocycles. The van der Waals surface area contributed by atoms with Crippen LogP contribution in [0.25, 0.3) is 0 Å². The monoisotopic (exact) mass is 330 g/mol. The van der Waals surface area contributed by atoms with Crippen LogP contribution >= 0.6 is 11.3 Å². The summed E-state index contributed by atoms with van der Waals surface area (Å²) in [5.74, 6) is 0.284. The second-order valence-electron chi connectivity index (χ2n) is 5.76. The minimum absolute atomic E-state index is 0.0316. The Morgan fingerprint density at radius 2 is 2.00 bits per heavy atom. The van der Waals surface area contributed by atoms with Crippen LogP contribution in [0.1, 0.15) is 33.7 Å². The maximum atomic E-state index is 12.1. The first-order chi connectivity index (χ1) is 11.0. The van der Waals surface area contributed by atoms with E-state index in [0.29, 0.717) is 6.54 Å². The fraction of sp³-hybridized carbons (Fsp3) is 0.438. The molecule has 1 N–H and O–H groups in total. The van der Waals surface area contributed by atoms with Crippen molar-refractivity contribution < 1.29 is 0 Å². The zero-order valence-electron chi connectivity index (χ0n) is 13.2. The Balaban J connectivity index is 1.92. The average Bonchev–Trinajstić information content (AvgIpc) is 2.97. The Bertz CT molecular complexity index is 890. The lowest BCUT2D eigenvalue weighted by Crippen LogP contribution is -2.39. The summed E-state index contributed by atoms with van der Waals surface area (Å²) in [6.07, 6.45) is 4.73. The molecule has 0 bridgehead atoms. The van der Waals surface area contributed by atoms with Crippen LogP contribution in [-0.4, -0.2) is 9.13 Å². The van der Waals surface area contributed by atoms with Crippen LogP contribution in [0.3, 0.4) is 0 Å². The molecule has 1 aliphatic carbocycles. The van der Waals surface area contributed by atoms with Crippen LogP contribution in [0.2, 0.25) is 0 Å². The van der Waals surface area contributed by atoms with Gasteiger partial charge in [0.25, 0.3) is 5.56 Å². The van der Waals surface area contributed by atoms with E-state index in [0.717, 1.165) is 22.3 Å². The van der Waals surface area contributed by atoms with Gasteiger partial charge in [-0.25, -0.2) is 4.79 Å². The first kappa shape index (κ1) is 15.6. The highest BCUT2D eigenvalue weighted by Gasteiger charge is 2.17. The van der Waals surface area contributed by atoms with Gasteiger partial charge in [-0.1, -0.05) is 0 Å². The van der Waals surface area contributed by atoms with Crippen molar-refractivity contribution in [2.75, 3.05) is 5.32 Å². The molecule has 0 spiro atoms. The Morgan fingerprint density at radius 3 is 2.70 bits per heavy atom. The number of nitriles is 1. The third-order valence-electron chi connectivity index (χ3n) is 4.25. The summed E-state index contributed by atoms with van der Waals surface area (Å²) in [6, 6.07) is 4.10. The number of fused-ring (bicyclic) bond motifs is 1. The summed E-state index contributed by atoms with van der Waals surface area (Å²) in [4.78, 5) is 26.7. The molecule has 0 fully saturated rings. The number of hydrogen-bond donors (Lipinski definition) is 1. The summed E-state index contributed by atoms with van der Waals surface area (Å²) in [6.45, 7) is 0.507. The quantitative estimate of drug-likeness (QED) is 0.925. The van der Waals surface area contributed by atoms with Gasteiger partial charge >= 0.3 is 5.69 Å². The molecule has 3 rings (SSSR count). The van der Waals surface area contributed by atoms with Crippen molar-refractivity contribution in [3.63, 3.8) is 0 Å². The number of aryl methyl sites for hydroxylation is 2. The predicted octanol–water partition coefficient (Wildman–Crippen LogP) is 1.51. The van der Waals surface area contributed by atoms with Crippen LogP contribution in [0.4, 0.5) is 5.82 Å². The topological polar surface area (TPSA) is 79.8 Å². The molecule has 1 aliphatic rings. The lowest BCUT2D eigenvalue weighted by atomic mass is 9.99. The van der Waals surface area contributed by atoms with Gasteiger partial charge in [-0.3, -0.25) is 13.9 Å². The lowest BCUT2D eigenvalue weighted by molar-refractivity contribution is 0.685. The van der Waals surface area contributed by atoms with Gasteiger partial charge < -0.3 is 5.32 Å². The first-order valence-electron chi connectivity index (χ1n) is 7.57. The van der Waals surface area contributed by atoms with E-state index in [1.807, 2.05) is 6.07 Å². The molecule has 2 aromatic heterocycles. The Hall–Kier alpha value is -2.33. The van der Waals surface area contributed by atoms with Crippen LogP contribution in [0, 0.1) is 11.3 Å². The number of anilines is 1. The first-order valence-corrected chi connectivity index (χ1v) is 8.39. The van der Waals surface area contributed by atoms with Crippen LogP contribution in [0.15, 0.2) is 15.7 Å². The van der Waals surface area contributed by atoms with Gasteiger partial charge in [0.1, 0.15) is 11.9 Å². The summed E-state index contributed by atoms with van der Waals surface area (Å²) in [7, 11) is 2.94. The van der Waals surface area contributed by atoms with E-state index in [1.165, 1.54) is 34.9 Å². The molecule has 0 aliphatic heterocycles. The molecule has 0 amide bonds. The van der Waals surface area contributed by atoms with Gasteiger partial charge in [0.2, 0.25) is 0 Å². The minimum Gasteiger partial charge on any atom is -0.365 e. The third kappa shape index (κ3) is 2.70. The summed E-state index contributed by atoms with van der Waals surface area (Å²) in [5, 5.41) is 12.4. The fourth-order valence-corrected chi connectivity index (χ4v) is 4.16. The summed E-state index contributed by atoms with van der Waals surface area (Å²) >= 11 is 1.77. The highest BCUT2D eigenvalue weighted by molar-refractivity contribution is 7.12. The standard InChI is InChI=1S/C16H18N4O2S/c1-19-14(12(8-17)15(21)20(2)16(19)22)18-9-11-7-10-5-3-4-6-13(10)23-11/h7,18H,3-6,9H2,1-2H3. The molecule has 0 saturated carbocycles. The molecular weight excluding hydrogens is 312 g/mol. The van der Waals surface area contributed by atoms with E-state index in [-0.39, 0.29) is 11.4 Å². The third-order valence-corrected chi connectivity index (χ3v) is 5.49. The van der Waals surface area contributed by atoms with Crippen molar-refractivity contribution >= 4 is 17.2 Å². The largest absolute Gasteiger partial charge is 0.365 e. The van der Waals surface area contributed by atoms with Crippen molar-refractivity contribution in [3.05, 3.63) is 47.8 Å². The van der Waals surface area contributed by atoms with Crippen molar-refractivity contribution in [2.24, 2.45) is 14.1 Å². The van der Waals surface area contributed by atoms with Crippen LogP contribution in [0.5, 0.6) is 0 Å². The van der Waals surface area contributed by atoms with Crippen LogP contribution < -0.4 is 16.6 Å². The number of nitrogens with zero attached hydrogens (tertiary/aromatic N) is 3. The van der Waals surface area contributed by atoms with E-state index >= 15 is 0 Å². The van der Waals surface area contributed by atoms with E-state index in [2.05, 4.69) is 11.4 Å². The van der Waals surface area contributed by atoms with E-state index in [4.69, 9.17) is 0 Å². The van der Waals surface area contributed by atoms with Gasteiger partial charge in [0, 0.05) is 23.8 Å². The second-order valence-corrected chi connectivity index (χ2v) is 6.98. The molecule has 120 valence electrons. The normalized spacial score (nSPS) is 13.4. The Morgan fingerprint density at radius 1 is 1.26 bits per heavy atom. The fourth-order valence-electron chi connectivity index (χ4n) is 2.96. The maximum absolute atomic E-state index is 12.1. The van der Waals surface area contributed by atoms with Gasteiger partial charge in [0.15, 0.2) is 5.56 Å². The predicted molar refractivity (Wildman–Crippen MR) is 89.9 cm³/mol. The Kier molecular flexibility index (Phi) is 4.09. The van der Waals surface area contributed by atoms with Gasteiger partial charge in [-0.15, -0.1) is 11.3 Å². The number of nitrogens with one attached hydrogen (secondary N) is 1. The molecule has 0 radical (unpaired) electrons. The maximum Gasteiger partial charge on any atom is 0.332 e. The smallest absolute Gasteiger partial charge is 0.332 e. The SMILES string of the molecule is Cn1c(NCc2cc3c(s2)CCCC3)c(C#N)c(=O)n(C)c1=O. The van der Waals surface area contributed by atoms with Crippen molar-refractivity contribution in [3.8, 4) is 6.07 Å². The summed E-state index contributed by atoms with van der Waals surface area (Å²) < 4.78 is 2.26. The van der Waals surface area contributed by atoms with Gasteiger partial charge in [-0.2, -0.15) is 5.26 Å². The van der Waals surface area contributed by atoms with Crippen molar-refractivity contribution in [2.45, 2.75) is 32.2 Å². The van der Waals surface area contributed by atoms with Crippen LogP contribution in [-0.2, 0) is 33.5 Å². The Labute approximate surface area is 137 Å².